The van der Waals surface area contributed by atoms with Crippen LogP contribution in [0.4, 0.5) is 0 Å². The van der Waals surface area contributed by atoms with Gasteiger partial charge >= 0.3 is 0 Å². The molecule has 1 fully saturated rings. The second-order valence-corrected chi connectivity index (χ2v) is 7.05. The summed E-state index contributed by atoms with van der Waals surface area (Å²) in [5.74, 6) is 1.82. The van der Waals surface area contributed by atoms with Gasteiger partial charge in [0.1, 0.15) is 0 Å². The van der Waals surface area contributed by atoms with E-state index in [0.29, 0.717) is 0 Å². The predicted octanol–water partition coefficient (Wildman–Crippen LogP) is 4.28. The second kappa shape index (κ2) is 6.01. The summed E-state index contributed by atoms with van der Waals surface area (Å²) >= 11 is 1.92. The van der Waals surface area contributed by atoms with E-state index in [1.165, 1.54) is 47.5 Å². The van der Waals surface area contributed by atoms with Gasteiger partial charge in [-0.2, -0.15) is 0 Å². The third-order valence-corrected chi connectivity index (χ3v) is 5.16. The van der Waals surface area contributed by atoms with Gasteiger partial charge in [-0.25, -0.2) is 0 Å². The van der Waals surface area contributed by atoms with E-state index in [-0.39, 0.29) is 0 Å². The molecule has 2 rings (SSSR count). The maximum Gasteiger partial charge on any atom is 0.0216 e. The van der Waals surface area contributed by atoms with Crippen LogP contribution in [-0.2, 0) is 6.54 Å². The molecule has 1 aliphatic carbocycles. The molecule has 0 saturated heterocycles. The van der Waals surface area contributed by atoms with Crippen LogP contribution in [0.3, 0.4) is 0 Å². The molecule has 0 bridgehead atoms. The fourth-order valence-corrected chi connectivity index (χ4v) is 3.89. The van der Waals surface area contributed by atoms with Crippen LogP contribution < -0.4 is 5.32 Å². The summed E-state index contributed by atoms with van der Waals surface area (Å²) in [6.07, 6.45) is 5.74. The lowest BCUT2D eigenvalue weighted by molar-refractivity contribution is 0.247. The Labute approximate surface area is 110 Å². The summed E-state index contributed by atoms with van der Waals surface area (Å²) < 4.78 is 0. The first-order valence-electron chi connectivity index (χ1n) is 6.93. The molecule has 2 unspecified atom stereocenters. The van der Waals surface area contributed by atoms with Gasteiger partial charge in [-0.1, -0.05) is 26.2 Å². The predicted molar refractivity (Wildman–Crippen MR) is 76.6 cm³/mol. The molecule has 2 heteroatoms. The van der Waals surface area contributed by atoms with E-state index in [9.17, 15) is 0 Å². The molecule has 1 nitrogen and oxygen atoms in total. The Morgan fingerprint density at radius 3 is 2.71 bits per heavy atom. The minimum atomic E-state index is 0.906. The monoisotopic (exact) mass is 251 g/mol. The van der Waals surface area contributed by atoms with Gasteiger partial charge < -0.3 is 5.32 Å². The van der Waals surface area contributed by atoms with E-state index in [1.807, 2.05) is 11.3 Å². The molecule has 0 aromatic carbocycles. The van der Waals surface area contributed by atoms with Crippen molar-refractivity contribution in [2.45, 2.75) is 53.0 Å². The SMILES string of the molecule is Cc1cc(CNCC2CCCCC2C)c(C)s1. The molecule has 0 radical (unpaired) electrons. The fourth-order valence-electron chi connectivity index (χ4n) is 2.95. The van der Waals surface area contributed by atoms with E-state index in [4.69, 9.17) is 0 Å². The van der Waals surface area contributed by atoms with Crippen molar-refractivity contribution in [2.24, 2.45) is 11.8 Å². The van der Waals surface area contributed by atoms with Gasteiger partial charge in [0.05, 0.1) is 0 Å². The van der Waals surface area contributed by atoms with Gasteiger partial charge in [0, 0.05) is 16.3 Å². The average molecular weight is 251 g/mol. The van der Waals surface area contributed by atoms with Crippen LogP contribution in [-0.4, -0.2) is 6.54 Å². The van der Waals surface area contributed by atoms with Crippen molar-refractivity contribution in [1.82, 2.24) is 5.32 Å². The molecule has 1 N–H and O–H groups in total. The molecular formula is C15H25NS. The Morgan fingerprint density at radius 1 is 1.29 bits per heavy atom. The quantitative estimate of drug-likeness (QED) is 0.842. The second-order valence-electron chi connectivity index (χ2n) is 5.59. The molecular weight excluding hydrogens is 226 g/mol. The standard InChI is InChI=1S/C15H25NS/c1-11-6-4-5-7-14(11)9-16-10-15-8-12(2)17-13(15)3/h8,11,14,16H,4-7,9-10H2,1-3H3. The average Bonchev–Trinajstić information content (AvgIpc) is 2.60. The molecule has 17 heavy (non-hydrogen) atoms. The van der Waals surface area contributed by atoms with Crippen LogP contribution in [0, 0.1) is 25.7 Å². The number of hydrogen-bond acceptors (Lipinski definition) is 2. The molecule has 1 aliphatic rings. The Kier molecular flexibility index (Phi) is 4.63. The molecule has 1 heterocycles. The van der Waals surface area contributed by atoms with E-state index in [2.05, 4.69) is 32.2 Å². The van der Waals surface area contributed by atoms with Crippen LogP contribution >= 0.6 is 11.3 Å². The van der Waals surface area contributed by atoms with Gasteiger partial charge in [0.15, 0.2) is 0 Å². The third kappa shape index (κ3) is 3.56. The molecule has 0 spiro atoms. The first kappa shape index (κ1) is 13.1. The minimum absolute atomic E-state index is 0.906. The first-order valence-corrected chi connectivity index (χ1v) is 7.75. The van der Waals surface area contributed by atoms with Gasteiger partial charge in [0.2, 0.25) is 0 Å². The van der Waals surface area contributed by atoms with E-state index < -0.39 is 0 Å². The zero-order valence-corrected chi connectivity index (χ0v) is 12.2. The van der Waals surface area contributed by atoms with Crippen LogP contribution in [0.5, 0.6) is 0 Å². The fraction of sp³-hybridized carbons (Fsp3) is 0.733. The molecule has 1 aromatic heterocycles. The Hall–Kier alpha value is -0.340. The smallest absolute Gasteiger partial charge is 0.0216 e. The van der Waals surface area contributed by atoms with Crippen molar-refractivity contribution in [3.05, 3.63) is 21.4 Å². The molecule has 1 aromatic rings. The van der Waals surface area contributed by atoms with Crippen molar-refractivity contribution in [3.8, 4) is 0 Å². The summed E-state index contributed by atoms with van der Waals surface area (Å²) in [6.45, 7) is 9.11. The van der Waals surface area contributed by atoms with Gasteiger partial charge in [-0.15, -0.1) is 11.3 Å². The third-order valence-electron chi connectivity index (χ3n) is 4.15. The highest BCUT2D eigenvalue weighted by Gasteiger charge is 2.20. The van der Waals surface area contributed by atoms with Crippen LogP contribution in [0.15, 0.2) is 6.07 Å². The maximum atomic E-state index is 3.66. The lowest BCUT2D eigenvalue weighted by Gasteiger charge is -2.28. The topological polar surface area (TPSA) is 12.0 Å². The number of aryl methyl sites for hydroxylation is 2. The summed E-state index contributed by atoms with van der Waals surface area (Å²) in [5, 5.41) is 3.66. The Bertz CT molecular complexity index is 356. The van der Waals surface area contributed by atoms with Crippen molar-refractivity contribution < 1.29 is 0 Å². The van der Waals surface area contributed by atoms with Gasteiger partial charge in [0.25, 0.3) is 0 Å². The lowest BCUT2D eigenvalue weighted by atomic mass is 9.80. The van der Waals surface area contributed by atoms with Crippen LogP contribution in [0.1, 0.15) is 47.9 Å². The molecule has 0 aliphatic heterocycles. The van der Waals surface area contributed by atoms with E-state index in [0.717, 1.165) is 18.4 Å². The highest BCUT2D eigenvalue weighted by Crippen LogP contribution is 2.29. The zero-order valence-electron chi connectivity index (χ0n) is 11.4. The van der Waals surface area contributed by atoms with Crippen molar-refractivity contribution >= 4 is 11.3 Å². The highest BCUT2D eigenvalue weighted by atomic mass is 32.1. The molecule has 1 saturated carbocycles. The maximum absolute atomic E-state index is 3.66. The number of rotatable bonds is 4. The molecule has 0 amide bonds. The first-order chi connectivity index (χ1) is 8.16. The number of thiophene rings is 1. The summed E-state index contributed by atoms with van der Waals surface area (Å²) in [5.41, 5.74) is 1.50. The van der Waals surface area contributed by atoms with Gasteiger partial charge in [-0.05, 0) is 50.3 Å². The largest absolute Gasteiger partial charge is 0.312 e. The Morgan fingerprint density at radius 2 is 2.06 bits per heavy atom. The van der Waals surface area contributed by atoms with Crippen molar-refractivity contribution in [3.63, 3.8) is 0 Å². The van der Waals surface area contributed by atoms with Crippen LogP contribution in [0.2, 0.25) is 0 Å². The summed E-state index contributed by atoms with van der Waals surface area (Å²) in [6, 6.07) is 2.33. The van der Waals surface area contributed by atoms with Gasteiger partial charge in [-0.3, -0.25) is 0 Å². The number of hydrogen-bond donors (Lipinski definition) is 1. The minimum Gasteiger partial charge on any atom is -0.312 e. The van der Waals surface area contributed by atoms with E-state index in [1.54, 1.807) is 0 Å². The summed E-state index contributed by atoms with van der Waals surface area (Å²) in [4.78, 5) is 2.91. The Balaban J connectivity index is 1.77. The van der Waals surface area contributed by atoms with Crippen LogP contribution in [0.25, 0.3) is 0 Å². The molecule has 2 atom stereocenters. The summed E-state index contributed by atoms with van der Waals surface area (Å²) in [7, 11) is 0. The van der Waals surface area contributed by atoms with Crippen molar-refractivity contribution in [1.29, 1.82) is 0 Å². The van der Waals surface area contributed by atoms with Crippen molar-refractivity contribution in [2.75, 3.05) is 6.54 Å². The molecule has 96 valence electrons. The highest BCUT2D eigenvalue weighted by molar-refractivity contribution is 7.12. The number of nitrogens with one attached hydrogen (secondary N) is 1. The normalized spacial score (nSPS) is 25.1. The lowest BCUT2D eigenvalue weighted by Crippen LogP contribution is -2.29. The zero-order chi connectivity index (χ0) is 12.3. The van der Waals surface area contributed by atoms with E-state index >= 15 is 0 Å².